The zero-order chi connectivity index (χ0) is 17.0. The van der Waals surface area contributed by atoms with Crippen LogP contribution in [-0.2, 0) is 24.3 Å². The van der Waals surface area contributed by atoms with E-state index in [-0.39, 0.29) is 15.8 Å². The molecule has 22 heavy (non-hydrogen) atoms. The molecule has 1 N–H and O–H groups in total. The molecule has 1 atom stereocenters. The molecule has 1 rings (SSSR count). The van der Waals surface area contributed by atoms with Crippen LogP contribution in [0.4, 0.5) is 0 Å². The number of carbonyl (C=O) groups is 2. The number of esters is 1. The Morgan fingerprint density at radius 2 is 1.82 bits per heavy atom. The zero-order valence-corrected chi connectivity index (χ0v) is 14.5. The fourth-order valence-corrected chi connectivity index (χ4v) is 3.81. The number of rotatable bonds is 6. The Hall–Kier alpha value is -1.38. The Balaban J connectivity index is 3.09. The van der Waals surface area contributed by atoms with Crippen molar-refractivity contribution < 1.29 is 22.7 Å². The van der Waals surface area contributed by atoms with Crippen molar-refractivity contribution in [2.45, 2.75) is 31.2 Å². The number of thioether (sulfide) groups is 1. The first-order chi connectivity index (χ1) is 10.1. The highest BCUT2D eigenvalue weighted by atomic mass is 32.2. The van der Waals surface area contributed by atoms with Crippen LogP contribution in [0.1, 0.15) is 19.4 Å². The Morgan fingerprint density at radius 3 is 2.27 bits per heavy atom. The lowest BCUT2D eigenvalue weighted by Gasteiger charge is -2.26. The van der Waals surface area contributed by atoms with Crippen molar-refractivity contribution in [3.63, 3.8) is 0 Å². The van der Waals surface area contributed by atoms with Gasteiger partial charge in [-0.15, -0.1) is 0 Å². The van der Waals surface area contributed by atoms with Gasteiger partial charge in [-0.25, -0.2) is 8.42 Å². The number of hydrogen-bond donors (Lipinski definition) is 1. The van der Waals surface area contributed by atoms with Crippen molar-refractivity contribution in [1.29, 1.82) is 0 Å². The van der Waals surface area contributed by atoms with E-state index in [9.17, 15) is 18.0 Å². The highest BCUT2D eigenvalue weighted by Crippen LogP contribution is 2.20. The van der Waals surface area contributed by atoms with Crippen molar-refractivity contribution in [3.05, 3.63) is 29.8 Å². The molecule has 122 valence electrons. The molecule has 0 fully saturated rings. The molecule has 0 amide bonds. The molecule has 0 aliphatic heterocycles. The maximum atomic E-state index is 12.4. The molecular formula is C14H19NO5S2. The van der Waals surface area contributed by atoms with Gasteiger partial charge in [-0.05, 0) is 26.0 Å². The first-order valence-corrected chi connectivity index (χ1v) is 8.90. The number of nitrogens with one attached hydrogen (secondary N) is 1. The van der Waals surface area contributed by atoms with E-state index in [0.717, 1.165) is 17.3 Å². The molecule has 0 aliphatic rings. The standard InChI is InChI=1S/C14H19NO5S2/c1-10-5-7-12(8-6-10)22(18,19)15-14(3,13(17)20-4)9-21-11(2)16/h5-8,15H,9H2,1-4H3. The lowest BCUT2D eigenvalue weighted by molar-refractivity contribution is -0.146. The third-order valence-corrected chi connectivity index (χ3v) is 5.63. The lowest BCUT2D eigenvalue weighted by atomic mass is 10.1. The minimum absolute atomic E-state index is 0.0426. The molecule has 6 nitrogen and oxygen atoms in total. The fraction of sp³-hybridized carbons (Fsp3) is 0.429. The van der Waals surface area contributed by atoms with E-state index in [1.54, 1.807) is 12.1 Å². The van der Waals surface area contributed by atoms with Gasteiger partial charge in [0.25, 0.3) is 0 Å². The van der Waals surface area contributed by atoms with Crippen molar-refractivity contribution in [1.82, 2.24) is 4.72 Å². The number of methoxy groups -OCH3 is 1. The minimum Gasteiger partial charge on any atom is -0.468 e. The molecule has 0 aliphatic carbocycles. The van der Waals surface area contributed by atoms with E-state index in [1.807, 2.05) is 6.92 Å². The summed E-state index contributed by atoms with van der Waals surface area (Å²) < 4.78 is 31.8. The van der Waals surface area contributed by atoms with Crippen LogP contribution >= 0.6 is 11.8 Å². The highest BCUT2D eigenvalue weighted by Gasteiger charge is 2.39. The summed E-state index contributed by atoms with van der Waals surface area (Å²) in [5.74, 6) is -0.808. The second-order valence-corrected chi connectivity index (χ2v) is 7.86. The van der Waals surface area contributed by atoms with E-state index >= 15 is 0 Å². The largest absolute Gasteiger partial charge is 0.468 e. The zero-order valence-electron chi connectivity index (χ0n) is 12.9. The molecule has 1 aromatic carbocycles. The summed E-state index contributed by atoms with van der Waals surface area (Å²) in [6, 6.07) is 6.23. The summed E-state index contributed by atoms with van der Waals surface area (Å²) in [6.45, 7) is 4.57. The average molecular weight is 345 g/mol. The second kappa shape index (κ2) is 7.26. The topological polar surface area (TPSA) is 89.5 Å². The monoisotopic (exact) mass is 345 g/mol. The molecule has 0 bridgehead atoms. The quantitative estimate of drug-likeness (QED) is 0.786. The summed E-state index contributed by atoms with van der Waals surface area (Å²) >= 11 is 0.854. The van der Waals surface area contributed by atoms with Gasteiger partial charge in [-0.1, -0.05) is 29.5 Å². The van der Waals surface area contributed by atoms with Gasteiger partial charge in [0.05, 0.1) is 12.0 Å². The van der Waals surface area contributed by atoms with Gasteiger partial charge in [-0.3, -0.25) is 9.59 Å². The van der Waals surface area contributed by atoms with Gasteiger partial charge in [-0.2, -0.15) is 4.72 Å². The molecule has 0 spiro atoms. The van der Waals surface area contributed by atoms with Crippen LogP contribution in [-0.4, -0.2) is 37.9 Å². The first-order valence-electron chi connectivity index (χ1n) is 6.43. The minimum atomic E-state index is -3.91. The van der Waals surface area contributed by atoms with E-state index in [2.05, 4.69) is 9.46 Å². The molecule has 0 heterocycles. The number of ether oxygens (including phenoxy) is 1. The van der Waals surface area contributed by atoms with E-state index in [1.165, 1.54) is 33.1 Å². The van der Waals surface area contributed by atoms with E-state index < -0.39 is 21.5 Å². The molecule has 0 aromatic heterocycles. The number of hydrogen-bond acceptors (Lipinski definition) is 6. The van der Waals surface area contributed by atoms with Gasteiger partial charge < -0.3 is 4.74 Å². The van der Waals surface area contributed by atoms with E-state index in [4.69, 9.17) is 0 Å². The van der Waals surface area contributed by atoms with Gasteiger partial charge in [0, 0.05) is 12.7 Å². The van der Waals surface area contributed by atoms with Crippen LogP contribution in [0.5, 0.6) is 0 Å². The predicted octanol–water partition coefficient (Wildman–Crippen LogP) is 1.48. The molecule has 1 aromatic rings. The van der Waals surface area contributed by atoms with Crippen LogP contribution < -0.4 is 4.72 Å². The number of aryl methyl sites for hydroxylation is 1. The second-order valence-electron chi connectivity index (χ2n) is 5.02. The Bertz CT molecular complexity index is 654. The Labute approximate surface area is 134 Å². The average Bonchev–Trinajstić information content (AvgIpc) is 2.44. The van der Waals surface area contributed by atoms with Crippen LogP contribution in [0.2, 0.25) is 0 Å². The van der Waals surface area contributed by atoms with Gasteiger partial charge in [0.2, 0.25) is 10.0 Å². The van der Waals surface area contributed by atoms with Crippen molar-refractivity contribution >= 4 is 32.9 Å². The van der Waals surface area contributed by atoms with Crippen molar-refractivity contribution in [2.75, 3.05) is 12.9 Å². The summed E-state index contributed by atoms with van der Waals surface area (Å²) in [4.78, 5) is 23.1. The van der Waals surface area contributed by atoms with Crippen LogP contribution in [0.25, 0.3) is 0 Å². The van der Waals surface area contributed by atoms with E-state index in [0.29, 0.717) is 0 Å². The van der Waals surface area contributed by atoms with Gasteiger partial charge in [0.15, 0.2) is 5.12 Å². The van der Waals surface area contributed by atoms with Gasteiger partial charge in [0.1, 0.15) is 5.54 Å². The van der Waals surface area contributed by atoms with Crippen LogP contribution in [0.15, 0.2) is 29.2 Å². The van der Waals surface area contributed by atoms with Gasteiger partial charge >= 0.3 is 5.97 Å². The summed E-state index contributed by atoms with van der Waals surface area (Å²) in [6.07, 6.45) is 0. The number of sulfonamides is 1. The molecule has 1 unspecified atom stereocenters. The fourth-order valence-electron chi connectivity index (χ4n) is 1.67. The molecule has 0 saturated carbocycles. The maximum absolute atomic E-state index is 12.4. The van der Waals surface area contributed by atoms with Crippen LogP contribution in [0.3, 0.4) is 0 Å². The normalized spacial score (nSPS) is 14.2. The summed E-state index contributed by atoms with van der Waals surface area (Å²) in [5, 5.41) is -0.218. The number of carbonyl (C=O) groups excluding carboxylic acids is 2. The summed E-state index contributed by atoms with van der Waals surface area (Å²) in [5.41, 5.74) is -0.615. The molecule has 0 saturated heterocycles. The lowest BCUT2D eigenvalue weighted by Crippen LogP contribution is -2.54. The maximum Gasteiger partial charge on any atom is 0.327 e. The van der Waals surface area contributed by atoms with Crippen LogP contribution in [0, 0.1) is 6.92 Å². The molecule has 8 heteroatoms. The van der Waals surface area contributed by atoms with Crippen molar-refractivity contribution in [3.8, 4) is 0 Å². The highest BCUT2D eigenvalue weighted by molar-refractivity contribution is 8.13. The SMILES string of the molecule is COC(=O)C(C)(CSC(C)=O)NS(=O)(=O)c1ccc(C)cc1. The number of benzene rings is 1. The Morgan fingerprint density at radius 1 is 1.27 bits per heavy atom. The smallest absolute Gasteiger partial charge is 0.327 e. The predicted molar refractivity (Wildman–Crippen MR) is 85.1 cm³/mol. The third kappa shape index (κ3) is 4.82. The summed E-state index contributed by atoms with van der Waals surface area (Å²) in [7, 11) is -2.75. The first kappa shape index (κ1) is 18.7. The van der Waals surface area contributed by atoms with Crippen molar-refractivity contribution in [2.24, 2.45) is 0 Å². The Kier molecular flexibility index (Phi) is 6.16. The molecule has 0 radical (unpaired) electrons. The molecular weight excluding hydrogens is 326 g/mol. The third-order valence-electron chi connectivity index (χ3n) is 2.89.